The standard InChI is InChI=1S/C6H12O3/c1-3-7-6-4-5(2)8-9-6/h5-6H,3-4H2,1-2H3/t5-,6-/m1/s1. The van der Waals surface area contributed by atoms with Gasteiger partial charge in [-0.05, 0) is 13.8 Å². The van der Waals surface area contributed by atoms with E-state index in [1.54, 1.807) is 0 Å². The molecule has 0 bridgehead atoms. The molecule has 0 aromatic rings. The van der Waals surface area contributed by atoms with E-state index >= 15 is 0 Å². The van der Waals surface area contributed by atoms with Gasteiger partial charge in [0, 0.05) is 13.0 Å². The van der Waals surface area contributed by atoms with Crippen LogP contribution in [-0.4, -0.2) is 19.0 Å². The Hall–Kier alpha value is -0.120. The highest BCUT2D eigenvalue weighted by Crippen LogP contribution is 2.16. The molecular formula is C6H12O3. The lowest BCUT2D eigenvalue weighted by atomic mass is 10.3. The summed E-state index contributed by atoms with van der Waals surface area (Å²) in [5.74, 6) is 0. The van der Waals surface area contributed by atoms with Crippen molar-refractivity contribution in [3.05, 3.63) is 0 Å². The molecule has 0 aromatic carbocycles. The van der Waals surface area contributed by atoms with Crippen molar-refractivity contribution in [1.82, 2.24) is 0 Å². The molecule has 0 aliphatic carbocycles. The molecule has 0 spiro atoms. The lowest BCUT2D eigenvalue weighted by molar-refractivity contribution is -0.339. The highest BCUT2D eigenvalue weighted by atomic mass is 17.2. The Morgan fingerprint density at radius 1 is 1.56 bits per heavy atom. The summed E-state index contributed by atoms with van der Waals surface area (Å²) in [6.45, 7) is 4.58. The van der Waals surface area contributed by atoms with E-state index in [9.17, 15) is 0 Å². The predicted molar refractivity (Wildman–Crippen MR) is 31.7 cm³/mol. The van der Waals surface area contributed by atoms with Crippen molar-refractivity contribution in [2.45, 2.75) is 32.7 Å². The van der Waals surface area contributed by atoms with E-state index in [1.807, 2.05) is 13.8 Å². The number of hydrogen-bond donors (Lipinski definition) is 0. The second-order valence-electron chi connectivity index (χ2n) is 2.12. The molecule has 0 radical (unpaired) electrons. The Morgan fingerprint density at radius 3 is 2.78 bits per heavy atom. The molecule has 1 fully saturated rings. The Bertz CT molecular complexity index is 82.4. The molecule has 54 valence electrons. The maximum Gasteiger partial charge on any atom is 0.193 e. The lowest BCUT2D eigenvalue weighted by Gasteiger charge is -2.03. The zero-order chi connectivity index (χ0) is 6.69. The molecule has 9 heavy (non-hydrogen) atoms. The van der Waals surface area contributed by atoms with E-state index in [0.717, 1.165) is 6.42 Å². The van der Waals surface area contributed by atoms with Gasteiger partial charge in [0.2, 0.25) is 0 Å². The minimum atomic E-state index is -0.134. The predicted octanol–water partition coefficient (Wildman–Crippen LogP) is 1.09. The molecule has 0 N–H and O–H groups in total. The zero-order valence-corrected chi connectivity index (χ0v) is 5.79. The molecule has 1 heterocycles. The second kappa shape index (κ2) is 3.15. The zero-order valence-electron chi connectivity index (χ0n) is 5.79. The van der Waals surface area contributed by atoms with Gasteiger partial charge in [-0.15, -0.1) is 0 Å². The van der Waals surface area contributed by atoms with Gasteiger partial charge in [0.1, 0.15) is 0 Å². The largest absolute Gasteiger partial charge is 0.350 e. The monoisotopic (exact) mass is 132 g/mol. The number of rotatable bonds is 2. The van der Waals surface area contributed by atoms with E-state index in [0.29, 0.717) is 6.61 Å². The fraction of sp³-hybridized carbons (Fsp3) is 1.00. The first kappa shape index (κ1) is 6.99. The molecule has 2 atom stereocenters. The fourth-order valence-corrected chi connectivity index (χ4v) is 0.788. The van der Waals surface area contributed by atoms with Crippen LogP contribution in [0.4, 0.5) is 0 Å². The van der Waals surface area contributed by atoms with E-state index in [1.165, 1.54) is 0 Å². The maximum absolute atomic E-state index is 5.13. The number of hydrogen-bond acceptors (Lipinski definition) is 3. The SMILES string of the molecule is CCO[C@H]1C[C@@H](C)OO1. The van der Waals surface area contributed by atoms with Crippen molar-refractivity contribution in [2.24, 2.45) is 0 Å². The van der Waals surface area contributed by atoms with Gasteiger partial charge >= 0.3 is 0 Å². The maximum atomic E-state index is 5.13. The third-order valence-corrected chi connectivity index (χ3v) is 1.20. The van der Waals surface area contributed by atoms with E-state index < -0.39 is 0 Å². The van der Waals surface area contributed by atoms with Crippen LogP contribution in [0.2, 0.25) is 0 Å². The van der Waals surface area contributed by atoms with Crippen LogP contribution < -0.4 is 0 Å². The summed E-state index contributed by atoms with van der Waals surface area (Å²) in [5, 5.41) is 0. The first-order chi connectivity index (χ1) is 4.33. The summed E-state index contributed by atoms with van der Waals surface area (Å²) in [4.78, 5) is 9.58. The van der Waals surface area contributed by atoms with E-state index in [2.05, 4.69) is 0 Å². The van der Waals surface area contributed by atoms with Crippen LogP contribution in [-0.2, 0) is 14.5 Å². The summed E-state index contributed by atoms with van der Waals surface area (Å²) >= 11 is 0. The van der Waals surface area contributed by atoms with Crippen LogP contribution in [0.3, 0.4) is 0 Å². The fourth-order valence-electron chi connectivity index (χ4n) is 0.788. The van der Waals surface area contributed by atoms with Crippen LogP contribution in [0, 0.1) is 0 Å². The highest BCUT2D eigenvalue weighted by Gasteiger charge is 2.23. The van der Waals surface area contributed by atoms with Gasteiger partial charge < -0.3 is 4.74 Å². The topological polar surface area (TPSA) is 27.7 Å². The van der Waals surface area contributed by atoms with Crippen LogP contribution in [0.1, 0.15) is 20.3 Å². The second-order valence-corrected chi connectivity index (χ2v) is 2.12. The van der Waals surface area contributed by atoms with Crippen molar-refractivity contribution in [2.75, 3.05) is 6.61 Å². The molecule has 3 nitrogen and oxygen atoms in total. The third kappa shape index (κ3) is 1.93. The van der Waals surface area contributed by atoms with Gasteiger partial charge in [-0.25, -0.2) is 9.78 Å². The molecule has 0 amide bonds. The Morgan fingerprint density at radius 2 is 2.33 bits per heavy atom. The Labute approximate surface area is 54.8 Å². The summed E-state index contributed by atoms with van der Waals surface area (Å²) in [5.41, 5.74) is 0. The van der Waals surface area contributed by atoms with Crippen LogP contribution in [0.5, 0.6) is 0 Å². The Balaban J connectivity index is 2.14. The Kier molecular flexibility index (Phi) is 2.45. The molecule has 1 rings (SSSR count). The van der Waals surface area contributed by atoms with E-state index in [-0.39, 0.29) is 12.4 Å². The molecule has 1 aliphatic heterocycles. The summed E-state index contributed by atoms with van der Waals surface area (Å²) in [6, 6.07) is 0. The van der Waals surface area contributed by atoms with Crippen LogP contribution in [0.15, 0.2) is 0 Å². The average molecular weight is 132 g/mol. The normalized spacial score (nSPS) is 35.3. The van der Waals surface area contributed by atoms with Crippen molar-refractivity contribution in [3.8, 4) is 0 Å². The van der Waals surface area contributed by atoms with Crippen molar-refractivity contribution < 1.29 is 14.5 Å². The molecule has 0 aromatic heterocycles. The minimum absolute atomic E-state index is 0.134. The van der Waals surface area contributed by atoms with Crippen LogP contribution >= 0.6 is 0 Å². The quantitative estimate of drug-likeness (QED) is 0.526. The highest BCUT2D eigenvalue weighted by molar-refractivity contribution is 4.55. The first-order valence-electron chi connectivity index (χ1n) is 3.26. The van der Waals surface area contributed by atoms with Crippen molar-refractivity contribution in [1.29, 1.82) is 0 Å². The van der Waals surface area contributed by atoms with Gasteiger partial charge in [0.25, 0.3) is 0 Å². The molecule has 1 saturated heterocycles. The molecule has 1 aliphatic rings. The number of ether oxygens (including phenoxy) is 1. The van der Waals surface area contributed by atoms with Crippen molar-refractivity contribution >= 4 is 0 Å². The molecular weight excluding hydrogens is 120 g/mol. The van der Waals surface area contributed by atoms with Gasteiger partial charge in [-0.1, -0.05) is 0 Å². The summed E-state index contributed by atoms with van der Waals surface area (Å²) < 4.78 is 5.13. The smallest absolute Gasteiger partial charge is 0.193 e. The van der Waals surface area contributed by atoms with Crippen LogP contribution in [0.25, 0.3) is 0 Å². The lowest BCUT2D eigenvalue weighted by Crippen LogP contribution is -2.10. The average Bonchev–Trinajstić information content (AvgIpc) is 2.17. The first-order valence-corrected chi connectivity index (χ1v) is 3.26. The summed E-state index contributed by atoms with van der Waals surface area (Å²) in [6.07, 6.45) is 0.889. The van der Waals surface area contributed by atoms with Gasteiger partial charge in [-0.2, -0.15) is 0 Å². The molecule has 0 saturated carbocycles. The van der Waals surface area contributed by atoms with Gasteiger partial charge in [-0.3, -0.25) is 0 Å². The van der Waals surface area contributed by atoms with Gasteiger partial charge in [0.15, 0.2) is 6.29 Å². The van der Waals surface area contributed by atoms with E-state index in [4.69, 9.17) is 14.5 Å². The summed E-state index contributed by atoms with van der Waals surface area (Å²) in [7, 11) is 0. The third-order valence-electron chi connectivity index (χ3n) is 1.20. The molecule has 3 heteroatoms. The van der Waals surface area contributed by atoms with Crippen molar-refractivity contribution in [3.63, 3.8) is 0 Å². The minimum Gasteiger partial charge on any atom is -0.350 e. The van der Waals surface area contributed by atoms with Gasteiger partial charge in [0.05, 0.1) is 6.10 Å². The molecule has 0 unspecified atom stereocenters.